The summed E-state index contributed by atoms with van der Waals surface area (Å²) < 4.78 is 6.59. The third kappa shape index (κ3) is 5.76. The molecule has 184 valence electrons. The third-order valence-corrected chi connectivity index (χ3v) is 6.70. The number of amides is 1. The van der Waals surface area contributed by atoms with Gasteiger partial charge in [0.15, 0.2) is 5.82 Å². The van der Waals surface area contributed by atoms with Gasteiger partial charge in [-0.1, -0.05) is 28.9 Å². The summed E-state index contributed by atoms with van der Waals surface area (Å²) in [7, 11) is 0. The molecule has 0 saturated carbocycles. The maximum atomic E-state index is 13.1. The van der Waals surface area contributed by atoms with Gasteiger partial charge in [0.25, 0.3) is 11.5 Å². The van der Waals surface area contributed by atoms with Gasteiger partial charge in [0.05, 0.1) is 28.3 Å². The van der Waals surface area contributed by atoms with Crippen molar-refractivity contribution in [3.8, 4) is 0 Å². The van der Waals surface area contributed by atoms with Gasteiger partial charge < -0.3 is 20.1 Å². The number of aryl methyl sites for hydroxylation is 1. The summed E-state index contributed by atoms with van der Waals surface area (Å²) in [5.41, 5.74) is -0.213. The van der Waals surface area contributed by atoms with E-state index in [9.17, 15) is 19.8 Å². The van der Waals surface area contributed by atoms with Gasteiger partial charge >= 0.3 is 0 Å². The highest BCUT2D eigenvalue weighted by Gasteiger charge is 2.22. The van der Waals surface area contributed by atoms with Gasteiger partial charge in [0.1, 0.15) is 11.4 Å². The van der Waals surface area contributed by atoms with Crippen LogP contribution in [0.5, 0.6) is 0 Å². The van der Waals surface area contributed by atoms with Crippen molar-refractivity contribution in [1.82, 2.24) is 25.0 Å². The predicted molar refractivity (Wildman–Crippen MR) is 131 cm³/mol. The molecular weight excluding hydrogens is 494 g/mol. The maximum absolute atomic E-state index is 13.1. The van der Waals surface area contributed by atoms with Crippen molar-refractivity contribution < 1.29 is 19.5 Å². The van der Waals surface area contributed by atoms with E-state index in [0.717, 1.165) is 11.3 Å². The summed E-state index contributed by atoms with van der Waals surface area (Å²) in [6.07, 6.45) is 0.656. The first kappa shape index (κ1) is 25.0. The van der Waals surface area contributed by atoms with E-state index < -0.39 is 11.7 Å². The number of hydrogen-bond donors (Lipinski definition) is 3. The Morgan fingerprint density at radius 3 is 2.71 bits per heavy atom. The molecule has 0 saturated heterocycles. The lowest BCUT2D eigenvalue weighted by Gasteiger charge is -2.17. The molecule has 12 heteroatoms. The Kier molecular flexibility index (Phi) is 7.04. The number of halogens is 1. The second-order valence-electron chi connectivity index (χ2n) is 8.78. The molecule has 10 nitrogen and oxygen atoms in total. The molecule has 0 radical (unpaired) electrons. The van der Waals surface area contributed by atoms with Crippen LogP contribution < -0.4 is 10.9 Å². The molecule has 0 unspecified atom stereocenters. The van der Waals surface area contributed by atoms with E-state index in [1.54, 1.807) is 45.0 Å². The molecule has 3 heterocycles. The fraction of sp³-hybridized carbons (Fsp3) is 0.348. The number of benzene rings is 1. The van der Waals surface area contributed by atoms with Crippen molar-refractivity contribution in [2.45, 2.75) is 45.4 Å². The number of aliphatic hydroxyl groups excluding tert-OH is 1. The number of nitrogens with zero attached hydrogens (tertiary/aromatic N) is 4. The first-order valence-corrected chi connectivity index (χ1v) is 12.0. The summed E-state index contributed by atoms with van der Waals surface area (Å²) in [4.78, 5) is 35.1. The van der Waals surface area contributed by atoms with E-state index in [1.807, 2.05) is 0 Å². The SMILES string of the molecule is Cc1c(C(=O)NCC(C)(C)O)sc2ncn(Cc3nc(C[C@H](O)c4ccc(Cl)cc4)no3)c(=O)c12. The fourth-order valence-electron chi connectivity index (χ4n) is 3.42. The number of rotatable bonds is 8. The standard InChI is InChI=1S/C23H24ClN5O5S/c1-12-18-21(35-19(12)20(31)25-10-23(2,3)33)26-11-29(22(18)32)9-17-27-16(28-34-17)8-15(30)13-4-6-14(24)7-5-13/h4-7,11,15,30,33H,8-10H2,1-3H3,(H,25,31)/t15-/m0/s1. The second kappa shape index (κ2) is 9.86. The van der Waals surface area contributed by atoms with Gasteiger partial charge in [0.2, 0.25) is 5.89 Å². The Morgan fingerprint density at radius 2 is 2.03 bits per heavy atom. The quantitative estimate of drug-likeness (QED) is 0.323. The van der Waals surface area contributed by atoms with Gasteiger partial charge in [-0.2, -0.15) is 4.98 Å². The lowest BCUT2D eigenvalue weighted by Crippen LogP contribution is -2.38. The Hall–Kier alpha value is -3.12. The van der Waals surface area contributed by atoms with Crippen molar-refractivity contribution in [2.24, 2.45) is 0 Å². The zero-order valence-electron chi connectivity index (χ0n) is 19.3. The maximum Gasteiger partial charge on any atom is 0.262 e. The smallest absolute Gasteiger partial charge is 0.262 e. The molecule has 0 bridgehead atoms. The number of nitrogens with one attached hydrogen (secondary N) is 1. The predicted octanol–water partition coefficient (Wildman–Crippen LogP) is 2.63. The van der Waals surface area contributed by atoms with E-state index in [0.29, 0.717) is 37.1 Å². The van der Waals surface area contributed by atoms with Gasteiger partial charge in [-0.15, -0.1) is 11.3 Å². The molecule has 3 aromatic heterocycles. The molecule has 4 rings (SSSR count). The minimum atomic E-state index is -1.06. The van der Waals surface area contributed by atoms with Crippen molar-refractivity contribution in [3.63, 3.8) is 0 Å². The first-order valence-electron chi connectivity index (χ1n) is 10.8. The van der Waals surface area contributed by atoms with E-state index in [4.69, 9.17) is 16.1 Å². The molecule has 4 aromatic rings. The molecule has 0 aliphatic carbocycles. The van der Waals surface area contributed by atoms with Gasteiger partial charge in [-0.3, -0.25) is 14.2 Å². The largest absolute Gasteiger partial charge is 0.389 e. The van der Waals surface area contributed by atoms with Crippen LogP contribution in [0.2, 0.25) is 5.02 Å². The van der Waals surface area contributed by atoms with Crippen LogP contribution in [0, 0.1) is 6.92 Å². The Balaban J connectivity index is 1.51. The van der Waals surface area contributed by atoms with Crippen LogP contribution in [0.25, 0.3) is 10.2 Å². The Morgan fingerprint density at radius 1 is 1.31 bits per heavy atom. The van der Waals surface area contributed by atoms with Crippen LogP contribution in [0.1, 0.15) is 52.5 Å². The Bertz CT molecular complexity index is 1420. The molecule has 3 N–H and O–H groups in total. The van der Waals surface area contributed by atoms with Crippen LogP contribution in [-0.2, 0) is 13.0 Å². The number of aliphatic hydroxyl groups is 2. The zero-order valence-corrected chi connectivity index (χ0v) is 20.9. The third-order valence-electron chi connectivity index (χ3n) is 5.25. The minimum absolute atomic E-state index is 0.0126. The molecule has 1 amide bonds. The minimum Gasteiger partial charge on any atom is -0.389 e. The highest BCUT2D eigenvalue weighted by Crippen LogP contribution is 2.27. The molecular formula is C23H24ClN5O5S. The van der Waals surface area contributed by atoms with E-state index in [2.05, 4.69) is 20.4 Å². The molecule has 1 aromatic carbocycles. The molecule has 0 aliphatic heterocycles. The fourth-order valence-corrected chi connectivity index (χ4v) is 4.61. The highest BCUT2D eigenvalue weighted by molar-refractivity contribution is 7.20. The van der Waals surface area contributed by atoms with Crippen molar-refractivity contribution in [3.05, 3.63) is 73.7 Å². The lowest BCUT2D eigenvalue weighted by atomic mass is 10.1. The number of thiophene rings is 1. The number of carbonyl (C=O) groups excluding carboxylic acids is 1. The van der Waals surface area contributed by atoms with Gasteiger partial charge in [-0.05, 0) is 44.0 Å². The van der Waals surface area contributed by atoms with E-state index in [1.165, 1.54) is 10.9 Å². The van der Waals surface area contributed by atoms with Crippen LogP contribution in [0.4, 0.5) is 0 Å². The number of hydrogen-bond acceptors (Lipinski definition) is 9. The molecule has 0 aliphatic rings. The summed E-state index contributed by atoms with van der Waals surface area (Å²) in [6.45, 7) is 4.93. The highest BCUT2D eigenvalue weighted by atomic mass is 35.5. The van der Waals surface area contributed by atoms with E-state index in [-0.39, 0.29) is 36.9 Å². The average molecular weight is 518 g/mol. The van der Waals surface area contributed by atoms with Crippen molar-refractivity contribution in [1.29, 1.82) is 0 Å². The zero-order chi connectivity index (χ0) is 25.3. The second-order valence-corrected chi connectivity index (χ2v) is 10.2. The van der Waals surface area contributed by atoms with Gasteiger partial charge in [0, 0.05) is 18.0 Å². The number of carbonyl (C=O) groups is 1. The molecule has 35 heavy (non-hydrogen) atoms. The summed E-state index contributed by atoms with van der Waals surface area (Å²) >= 11 is 7.00. The van der Waals surface area contributed by atoms with Crippen molar-refractivity contribution in [2.75, 3.05) is 6.54 Å². The monoisotopic (exact) mass is 517 g/mol. The van der Waals surface area contributed by atoms with Crippen LogP contribution in [0.3, 0.4) is 0 Å². The normalized spacial score (nSPS) is 12.7. The number of aromatic nitrogens is 4. The molecule has 1 atom stereocenters. The van der Waals surface area contributed by atoms with Crippen LogP contribution in [0.15, 0.2) is 39.9 Å². The average Bonchev–Trinajstić information content (AvgIpc) is 3.38. The Labute approximate surface area is 209 Å². The summed E-state index contributed by atoms with van der Waals surface area (Å²) in [5, 5.41) is 27.7. The van der Waals surface area contributed by atoms with Crippen molar-refractivity contribution >= 4 is 39.1 Å². The summed E-state index contributed by atoms with van der Waals surface area (Å²) in [5.74, 6) is 0.101. The topological polar surface area (TPSA) is 143 Å². The van der Waals surface area contributed by atoms with Crippen LogP contribution >= 0.6 is 22.9 Å². The van der Waals surface area contributed by atoms with Crippen LogP contribution in [-0.4, -0.2) is 48.0 Å². The summed E-state index contributed by atoms with van der Waals surface area (Å²) in [6, 6.07) is 6.81. The molecule has 0 fully saturated rings. The van der Waals surface area contributed by atoms with E-state index >= 15 is 0 Å². The lowest BCUT2D eigenvalue weighted by molar-refractivity contribution is 0.0696. The van der Waals surface area contributed by atoms with Gasteiger partial charge in [-0.25, -0.2) is 4.98 Å². The number of fused-ring (bicyclic) bond motifs is 1. The first-order chi connectivity index (χ1) is 16.5. The molecule has 0 spiro atoms.